The van der Waals surface area contributed by atoms with E-state index in [4.69, 9.17) is 4.42 Å². The summed E-state index contributed by atoms with van der Waals surface area (Å²) in [6.45, 7) is 8.60. The predicted molar refractivity (Wildman–Crippen MR) is 112 cm³/mol. The highest BCUT2D eigenvalue weighted by molar-refractivity contribution is 7.89. The topological polar surface area (TPSA) is 99.8 Å². The van der Waals surface area contributed by atoms with Crippen molar-refractivity contribution in [2.45, 2.75) is 51.6 Å². The van der Waals surface area contributed by atoms with Gasteiger partial charge in [0.15, 0.2) is 5.96 Å². The molecule has 3 rings (SSSR count). The van der Waals surface area contributed by atoms with Crippen molar-refractivity contribution in [2.24, 2.45) is 4.99 Å². The zero-order valence-corrected chi connectivity index (χ0v) is 18.1. The minimum absolute atomic E-state index is 0.340. The molecular formula is C20H29N5O3S. The third-order valence-corrected chi connectivity index (χ3v) is 6.78. The van der Waals surface area contributed by atoms with Gasteiger partial charge in [-0.05, 0) is 51.3 Å². The molecule has 0 aliphatic carbocycles. The lowest BCUT2D eigenvalue weighted by molar-refractivity contribution is 0.463. The van der Waals surface area contributed by atoms with Crippen molar-refractivity contribution < 1.29 is 12.8 Å². The number of aliphatic imine (C=N–C) groups is 1. The van der Waals surface area contributed by atoms with E-state index in [1.165, 1.54) is 0 Å². The second-order valence-electron chi connectivity index (χ2n) is 7.05. The van der Waals surface area contributed by atoms with Crippen LogP contribution in [0.2, 0.25) is 0 Å². The van der Waals surface area contributed by atoms with Gasteiger partial charge in [0, 0.05) is 19.6 Å². The second kappa shape index (κ2) is 9.41. The molecule has 1 aromatic heterocycles. The minimum atomic E-state index is -3.38. The lowest BCUT2D eigenvalue weighted by Crippen LogP contribution is -2.36. The zero-order chi connectivity index (χ0) is 20.9. The van der Waals surface area contributed by atoms with Crippen LogP contribution < -0.4 is 10.6 Å². The standard InChI is InChI=1S/C20H29N5O3S/c1-4-21-20(23-14-19-24-15(2)16(3)28-19)22-13-17-7-9-18(10-8-17)29(26,27)25-11-5-6-12-25/h7-10H,4-6,11-14H2,1-3H3,(H2,21,22,23). The van der Waals surface area contributed by atoms with Crippen LogP contribution in [-0.4, -0.2) is 43.3 Å². The third-order valence-electron chi connectivity index (χ3n) is 4.87. The van der Waals surface area contributed by atoms with Gasteiger partial charge in [-0.15, -0.1) is 0 Å². The number of guanidine groups is 1. The van der Waals surface area contributed by atoms with Crippen molar-refractivity contribution in [3.8, 4) is 0 Å². The first-order chi connectivity index (χ1) is 13.9. The molecule has 1 aromatic carbocycles. The van der Waals surface area contributed by atoms with Crippen molar-refractivity contribution in [3.63, 3.8) is 0 Å². The van der Waals surface area contributed by atoms with Gasteiger partial charge in [0.25, 0.3) is 0 Å². The van der Waals surface area contributed by atoms with Crippen LogP contribution in [0, 0.1) is 13.8 Å². The molecule has 0 bridgehead atoms. The maximum absolute atomic E-state index is 12.6. The SMILES string of the molecule is CCNC(=NCc1ccc(S(=O)(=O)N2CCCC2)cc1)NCc1nc(C)c(C)o1. The van der Waals surface area contributed by atoms with Crippen LogP contribution in [0.15, 0.2) is 38.6 Å². The Balaban J connectivity index is 1.62. The number of nitrogens with zero attached hydrogens (tertiary/aromatic N) is 3. The van der Waals surface area contributed by atoms with Crippen LogP contribution in [0.3, 0.4) is 0 Å². The Hall–Kier alpha value is -2.39. The van der Waals surface area contributed by atoms with Crippen molar-refractivity contribution in [1.82, 2.24) is 19.9 Å². The molecule has 2 heterocycles. The molecule has 1 aliphatic rings. The normalized spacial score (nSPS) is 15.6. The summed E-state index contributed by atoms with van der Waals surface area (Å²) in [7, 11) is -3.38. The van der Waals surface area contributed by atoms with Crippen LogP contribution in [0.1, 0.15) is 42.7 Å². The monoisotopic (exact) mass is 419 g/mol. The fraction of sp³-hybridized carbons (Fsp3) is 0.500. The molecule has 1 saturated heterocycles. The highest BCUT2D eigenvalue weighted by Gasteiger charge is 2.26. The third kappa shape index (κ3) is 5.36. The quantitative estimate of drug-likeness (QED) is 0.528. The van der Waals surface area contributed by atoms with Gasteiger partial charge in [-0.3, -0.25) is 0 Å². The number of hydrogen-bond donors (Lipinski definition) is 2. The molecule has 1 aliphatic heterocycles. The fourth-order valence-electron chi connectivity index (χ4n) is 3.13. The molecule has 8 nitrogen and oxygen atoms in total. The van der Waals surface area contributed by atoms with E-state index < -0.39 is 10.0 Å². The maximum Gasteiger partial charge on any atom is 0.243 e. The van der Waals surface area contributed by atoms with Crippen molar-refractivity contribution in [3.05, 3.63) is 47.2 Å². The Kier molecular flexibility index (Phi) is 6.92. The largest absolute Gasteiger partial charge is 0.444 e. The van der Waals surface area contributed by atoms with Gasteiger partial charge in [0.1, 0.15) is 5.76 Å². The highest BCUT2D eigenvalue weighted by Crippen LogP contribution is 2.21. The average molecular weight is 420 g/mol. The summed E-state index contributed by atoms with van der Waals surface area (Å²) >= 11 is 0. The van der Waals surface area contributed by atoms with Gasteiger partial charge in [-0.2, -0.15) is 4.31 Å². The molecule has 29 heavy (non-hydrogen) atoms. The van der Waals surface area contributed by atoms with E-state index in [9.17, 15) is 8.42 Å². The summed E-state index contributed by atoms with van der Waals surface area (Å²) in [6, 6.07) is 6.96. The first-order valence-corrected chi connectivity index (χ1v) is 11.4. The Bertz CT molecular complexity index is 925. The molecule has 0 unspecified atom stereocenters. The average Bonchev–Trinajstić information content (AvgIpc) is 3.35. The molecule has 0 amide bonds. The van der Waals surface area contributed by atoms with E-state index >= 15 is 0 Å². The van der Waals surface area contributed by atoms with Gasteiger partial charge in [-0.1, -0.05) is 12.1 Å². The predicted octanol–water partition coefficient (Wildman–Crippen LogP) is 2.33. The van der Waals surface area contributed by atoms with E-state index in [0.29, 0.717) is 42.9 Å². The van der Waals surface area contributed by atoms with E-state index in [1.54, 1.807) is 16.4 Å². The Morgan fingerprint density at radius 1 is 1.17 bits per heavy atom. The van der Waals surface area contributed by atoms with Crippen LogP contribution in [-0.2, 0) is 23.1 Å². The number of oxazole rings is 1. The van der Waals surface area contributed by atoms with Gasteiger partial charge >= 0.3 is 0 Å². The van der Waals surface area contributed by atoms with Gasteiger partial charge in [0.05, 0.1) is 23.7 Å². The van der Waals surface area contributed by atoms with Gasteiger partial charge < -0.3 is 15.1 Å². The smallest absolute Gasteiger partial charge is 0.243 e. The summed E-state index contributed by atoms with van der Waals surface area (Å²) in [5.74, 6) is 2.07. The van der Waals surface area contributed by atoms with Gasteiger partial charge in [-0.25, -0.2) is 18.4 Å². The lowest BCUT2D eigenvalue weighted by atomic mass is 10.2. The minimum Gasteiger partial charge on any atom is -0.444 e. The molecular weight excluding hydrogens is 390 g/mol. The van der Waals surface area contributed by atoms with E-state index in [2.05, 4.69) is 20.6 Å². The lowest BCUT2D eigenvalue weighted by Gasteiger charge is -2.15. The number of aryl methyl sites for hydroxylation is 2. The van der Waals surface area contributed by atoms with Crippen molar-refractivity contribution in [1.29, 1.82) is 0 Å². The number of hydrogen-bond acceptors (Lipinski definition) is 5. The molecule has 2 N–H and O–H groups in total. The Morgan fingerprint density at radius 2 is 1.86 bits per heavy atom. The summed E-state index contributed by atoms with van der Waals surface area (Å²) in [5.41, 5.74) is 1.82. The summed E-state index contributed by atoms with van der Waals surface area (Å²) in [4.78, 5) is 9.26. The van der Waals surface area contributed by atoms with E-state index in [0.717, 1.165) is 36.4 Å². The van der Waals surface area contributed by atoms with Crippen molar-refractivity contribution in [2.75, 3.05) is 19.6 Å². The molecule has 0 atom stereocenters. The zero-order valence-electron chi connectivity index (χ0n) is 17.2. The number of sulfonamides is 1. The molecule has 0 spiro atoms. The van der Waals surface area contributed by atoms with Crippen LogP contribution in [0.25, 0.3) is 0 Å². The molecule has 158 valence electrons. The molecule has 1 fully saturated rings. The van der Waals surface area contributed by atoms with Crippen LogP contribution in [0.5, 0.6) is 0 Å². The van der Waals surface area contributed by atoms with Gasteiger partial charge in [0.2, 0.25) is 15.9 Å². The van der Waals surface area contributed by atoms with E-state index in [-0.39, 0.29) is 0 Å². The maximum atomic E-state index is 12.6. The summed E-state index contributed by atoms with van der Waals surface area (Å²) in [6.07, 6.45) is 1.86. The Morgan fingerprint density at radius 3 is 2.45 bits per heavy atom. The molecule has 9 heteroatoms. The van der Waals surface area contributed by atoms with Crippen LogP contribution in [0.4, 0.5) is 0 Å². The molecule has 0 saturated carbocycles. The highest BCUT2D eigenvalue weighted by atomic mass is 32.2. The second-order valence-corrected chi connectivity index (χ2v) is 8.99. The first kappa shape index (κ1) is 21.3. The number of rotatable bonds is 7. The summed E-state index contributed by atoms with van der Waals surface area (Å²) in [5, 5.41) is 6.38. The van der Waals surface area contributed by atoms with Crippen molar-refractivity contribution >= 4 is 16.0 Å². The fourth-order valence-corrected chi connectivity index (χ4v) is 4.65. The van der Waals surface area contributed by atoms with Crippen LogP contribution >= 0.6 is 0 Å². The number of nitrogens with one attached hydrogen (secondary N) is 2. The summed E-state index contributed by atoms with van der Waals surface area (Å²) < 4.78 is 32.3. The Labute approximate surface area is 172 Å². The number of aromatic nitrogens is 1. The first-order valence-electron chi connectivity index (χ1n) is 9.94. The molecule has 0 radical (unpaired) electrons. The van der Waals surface area contributed by atoms with E-state index in [1.807, 2.05) is 32.9 Å². The molecule has 2 aromatic rings. The number of benzene rings is 1.